The molecule has 1 aromatic carbocycles. The Bertz CT molecular complexity index is 672. The Labute approximate surface area is 130 Å². The van der Waals surface area contributed by atoms with Crippen molar-refractivity contribution >= 4 is 10.0 Å². The molecule has 2 aliphatic rings. The van der Waals surface area contributed by atoms with E-state index < -0.39 is 10.0 Å². The van der Waals surface area contributed by atoms with Crippen molar-refractivity contribution in [1.29, 1.82) is 5.26 Å². The molecule has 118 valence electrons. The largest absolute Gasteiger partial charge is 0.378 e. The zero-order chi connectivity index (χ0) is 15.6. The van der Waals surface area contributed by atoms with Gasteiger partial charge in [0, 0.05) is 25.7 Å². The molecule has 0 aromatic heterocycles. The Morgan fingerprint density at radius 2 is 2.05 bits per heavy atom. The second-order valence-corrected chi connectivity index (χ2v) is 7.50. The minimum atomic E-state index is -3.59. The van der Waals surface area contributed by atoms with Gasteiger partial charge in [0.2, 0.25) is 10.0 Å². The predicted molar refractivity (Wildman–Crippen MR) is 78.6 cm³/mol. The maximum absolute atomic E-state index is 12.4. The van der Waals surface area contributed by atoms with Gasteiger partial charge in [-0.05, 0) is 37.1 Å². The summed E-state index contributed by atoms with van der Waals surface area (Å²) in [5, 5.41) is 8.77. The van der Waals surface area contributed by atoms with Crippen LogP contribution in [0.3, 0.4) is 0 Å². The third-order valence-corrected chi connectivity index (χ3v) is 5.71. The summed E-state index contributed by atoms with van der Waals surface area (Å²) in [6.07, 6.45) is 2.09. The Kier molecular flexibility index (Phi) is 4.19. The molecule has 22 heavy (non-hydrogen) atoms. The number of nitrogens with one attached hydrogen (secondary N) is 1. The van der Waals surface area contributed by atoms with Crippen LogP contribution in [0.15, 0.2) is 29.2 Å². The molecule has 1 N–H and O–H groups in total. The highest BCUT2D eigenvalue weighted by Gasteiger charge is 2.42. The standard InChI is InChI=1S/C15H18N2O4S/c16-10-12-1-3-14(4-2-12)22(18,19)17-13-5-7-21-15(9-13)6-8-20-11-15/h1-4,13,17H,5-9,11H2. The smallest absolute Gasteiger partial charge is 0.240 e. The molecule has 7 heteroatoms. The van der Waals surface area contributed by atoms with E-state index in [1.54, 1.807) is 0 Å². The van der Waals surface area contributed by atoms with Crippen molar-refractivity contribution in [1.82, 2.24) is 4.72 Å². The van der Waals surface area contributed by atoms with E-state index in [4.69, 9.17) is 14.7 Å². The van der Waals surface area contributed by atoms with Crippen LogP contribution < -0.4 is 4.72 Å². The van der Waals surface area contributed by atoms with Gasteiger partial charge in [-0.25, -0.2) is 13.1 Å². The van der Waals surface area contributed by atoms with Crippen LogP contribution in [0, 0.1) is 11.3 Å². The molecule has 1 spiro atoms. The van der Waals surface area contributed by atoms with Crippen molar-refractivity contribution in [2.24, 2.45) is 0 Å². The molecule has 2 fully saturated rings. The maximum atomic E-state index is 12.4. The van der Waals surface area contributed by atoms with E-state index in [0.717, 1.165) is 6.42 Å². The van der Waals surface area contributed by atoms with Gasteiger partial charge in [0.1, 0.15) is 0 Å². The topological polar surface area (TPSA) is 88.4 Å². The van der Waals surface area contributed by atoms with Gasteiger partial charge in [-0.2, -0.15) is 5.26 Å². The highest BCUT2D eigenvalue weighted by molar-refractivity contribution is 7.89. The zero-order valence-corrected chi connectivity index (χ0v) is 12.9. The van der Waals surface area contributed by atoms with E-state index in [1.165, 1.54) is 24.3 Å². The van der Waals surface area contributed by atoms with E-state index in [0.29, 0.717) is 38.2 Å². The lowest BCUT2D eigenvalue weighted by molar-refractivity contribution is -0.0868. The van der Waals surface area contributed by atoms with Crippen LogP contribution in [0.25, 0.3) is 0 Å². The zero-order valence-electron chi connectivity index (χ0n) is 12.1. The average molecular weight is 322 g/mol. The molecule has 6 nitrogen and oxygen atoms in total. The molecule has 0 radical (unpaired) electrons. The molecule has 0 aliphatic carbocycles. The molecule has 2 heterocycles. The fraction of sp³-hybridized carbons (Fsp3) is 0.533. The monoisotopic (exact) mass is 322 g/mol. The minimum Gasteiger partial charge on any atom is -0.378 e. The summed E-state index contributed by atoms with van der Waals surface area (Å²) in [6.45, 7) is 1.72. The first-order valence-electron chi connectivity index (χ1n) is 7.27. The fourth-order valence-electron chi connectivity index (χ4n) is 2.99. The summed E-state index contributed by atoms with van der Waals surface area (Å²) in [5.41, 5.74) is 0.0999. The first kappa shape index (κ1) is 15.4. The van der Waals surface area contributed by atoms with E-state index in [1.807, 2.05) is 6.07 Å². The van der Waals surface area contributed by atoms with Crippen LogP contribution in [0.4, 0.5) is 0 Å². The summed E-state index contributed by atoms with van der Waals surface area (Å²) >= 11 is 0. The molecule has 2 unspecified atom stereocenters. The average Bonchev–Trinajstić information content (AvgIpc) is 2.94. The highest BCUT2D eigenvalue weighted by atomic mass is 32.2. The van der Waals surface area contributed by atoms with Crippen molar-refractivity contribution in [2.75, 3.05) is 19.8 Å². The number of sulfonamides is 1. The van der Waals surface area contributed by atoms with Gasteiger partial charge in [-0.3, -0.25) is 0 Å². The Morgan fingerprint density at radius 1 is 1.27 bits per heavy atom. The SMILES string of the molecule is N#Cc1ccc(S(=O)(=O)NC2CCOC3(CCOC3)C2)cc1. The number of benzene rings is 1. The Hall–Kier alpha value is -1.46. The Balaban J connectivity index is 1.72. The highest BCUT2D eigenvalue weighted by Crippen LogP contribution is 2.33. The molecule has 0 bridgehead atoms. The fourth-order valence-corrected chi connectivity index (χ4v) is 4.26. The van der Waals surface area contributed by atoms with Gasteiger partial charge < -0.3 is 9.47 Å². The van der Waals surface area contributed by atoms with Gasteiger partial charge in [0.15, 0.2) is 0 Å². The van der Waals surface area contributed by atoms with Crippen LogP contribution in [0.5, 0.6) is 0 Å². The quantitative estimate of drug-likeness (QED) is 0.902. The van der Waals surface area contributed by atoms with Crippen LogP contribution in [-0.4, -0.2) is 39.9 Å². The molecule has 2 atom stereocenters. The summed E-state index contributed by atoms with van der Waals surface area (Å²) in [7, 11) is -3.59. The van der Waals surface area contributed by atoms with Gasteiger partial charge >= 0.3 is 0 Å². The number of hydrogen-bond donors (Lipinski definition) is 1. The lowest BCUT2D eigenvalue weighted by Gasteiger charge is -2.37. The van der Waals surface area contributed by atoms with Crippen LogP contribution in [0.2, 0.25) is 0 Å². The third kappa shape index (κ3) is 3.15. The number of rotatable bonds is 3. The van der Waals surface area contributed by atoms with Crippen molar-refractivity contribution in [3.8, 4) is 6.07 Å². The Morgan fingerprint density at radius 3 is 2.68 bits per heavy atom. The predicted octanol–water partition coefficient (Wildman–Crippen LogP) is 1.17. The molecule has 0 amide bonds. The molecule has 2 saturated heterocycles. The normalized spacial score (nSPS) is 28.6. The van der Waals surface area contributed by atoms with Crippen molar-refractivity contribution in [3.05, 3.63) is 29.8 Å². The van der Waals surface area contributed by atoms with Crippen molar-refractivity contribution < 1.29 is 17.9 Å². The van der Waals surface area contributed by atoms with Gasteiger partial charge in [-0.1, -0.05) is 0 Å². The minimum absolute atomic E-state index is 0.156. The van der Waals surface area contributed by atoms with Gasteiger partial charge in [0.25, 0.3) is 0 Å². The molecular formula is C15H18N2O4S. The van der Waals surface area contributed by atoms with E-state index in [-0.39, 0.29) is 16.5 Å². The first-order valence-corrected chi connectivity index (χ1v) is 8.76. The molecule has 3 rings (SSSR count). The van der Waals surface area contributed by atoms with E-state index in [2.05, 4.69) is 4.72 Å². The maximum Gasteiger partial charge on any atom is 0.240 e. The lowest BCUT2D eigenvalue weighted by atomic mass is 9.90. The molecule has 0 saturated carbocycles. The third-order valence-electron chi connectivity index (χ3n) is 4.18. The van der Waals surface area contributed by atoms with Crippen LogP contribution >= 0.6 is 0 Å². The second kappa shape index (κ2) is 5.97. The lowest BCUT2D eigenvalue weighted by Crippen LogP contribution is -2.48. The van der Waals surface area contributed by atoms with Gasteiger partial charge in [-0.15, -0.1) is 0 Å². The molecule has 1 aromatic rings. The summed E-state index contributed by atoms with van der Waals surface area (Å²) in [4.78, 5) is 0.176. The molecular weight excluding hydrogens is 304 g/mol. The second-order valence-electron chi connectivity index (χ2n) is 5.78. The van der Waals surface area contributed by atoms with Crippen LogP contribution in [-0.2, 0) is 19.5 Å². The van der Waals surface area contributed by atoms with Gasteiger partial charge in [0.05, 0.1) is 28.7 Å². The van der Waals surface area contributed by atoms with E-state index in [9.17, 15) is 8.42 Å². The van der Waals surface area contributed by atoms with E-state index >= 15 is 0 Å². The number of ether oxygens (including phenoxy) is 2. The van der Waals surface area contributed by atoms with Crippen LogP contribution in [0.1, 0.15) is 24.8 Å². The number of hydrogen-bond acceptors (Lipinski definition) is 5. The molecule has 2 aliphatic heterocycles. The summed E-state index contributed by atoms with van der Waals surface area (Å²) in [5.74, 6) is 0. The summed E-state index contributed by atoms with van der Waals surface area (Å²) in [6, 6.07) is 7.73. The number of nitrogens with zero attached hydrogens (tertiary/aromatic N) is 1. The summed E-state index contributed by atoms with van der Waals surface area (Å²) < 4.78 is 38.8. The van der Waals surface area contributed by atoms with Crippen molar-refractivity contribution in [3.63, 3.8) is 0 Å². The van der Waals surface area contributed by atoms with Crippen molar-refractivity contribution in [2.45, 2.75) is 35.8 Å². The number of nitriles is 1. The first-order chi connectivity index (χ1) is 10.5.